The van der Waals surface area contributed by atoms with Crippen molar-refractivity contribution in [3.63, 3.8) is 0 Å². The summed E-state index contributed by atoms with van der Waals surface area (Å²) in [5.41, 5.74) is 0.542. The number of aliphatic hydroxyl groups excluding tert-OH is 2. The van der Waals surface area contributed by atoms with E-state index in [-0.39, 0.29) is 23.6 Å². The molecule has 0 spiro atoms. The van der Waals surface area contributed by atoms with Crippen LogP contribution in [0.15, 0.2) is 0 Å². The van der Waals surface area contributed by atoms with Gasteiger partial charge in [0.1, 0.15) is 18.3 Å². The third kappa shape index (κ3) is 5.82. The second kappa shape index (κ2) is 10.7. The van der Waals surface area contributed by atoms with Gasteiger partial charge in [0.05, 0.1) is 13.2 Å². The lowest BCUT2D eigenvalue weighted by Gasteiger charge is -2.22. The van der Waals surface area contributed by atoms with Gasteiger partial charge >= 0.3 is 7.60 Å². The second-order valence-corrected chi connectivity index (χ2v) is 11.7. The molecule has 0 radical (unpaired) electrons. The zero-order valence-corrected chi connectivity index (χ0v) is 21.0. The summed E-state index contributed by atoms with van der Waals surface area (Å²) in [5, 5.41) is 32.7. The predicted molar refractivity (Wildman–Crippen MR) is 125 cm³/mol. The molecule has 3 heterocycles. The number of nitrogens with zero attached hydrogens (tertiary/aromatic N) is 5. The molecule has 14 nitrogen and oxygen atoms in total. The lowest BCUT2D eigenvalue weighted by atomic mass is 10.1. The molecule has 3 aliphatic rings. The Balaban J connectivity index is 1.28. The molecule has 1 saturated heterocycles. The Labute approximate surface area is 211 Å². The van der Waals surface area contributed by atoms with Crippen LogP contribution in [0.5, 0.6) is 0 Å². The summed E-state index contributed by atoms with van der Waals surface area (Å²) in [6.07, 6.45) is 1.14. The van der Waals surface area contributed by atoms with Crippen LogP contribution in [-0.4, -0.2) is 95.0 Å². The van der Waals surface area contributed by atoms with E-state index >= 15 is 0 Å². The highest BCUT2D eigenvalue weighted by Crippen LogP contribution is 2.43. The Hall–Kier alpha value is -1.48. The van der Waals surface area contributed by atoms with E-state index in [1.165, 1.54) is 4.68 Å². The highest BCUT2D eigenvalue weighted by molar-refractivity contribution is 7.52. The van der Waals surface area contributed by atoms with Crippen LogP contribution in [0.3, 0.4) is 0 Å². The Morgan fingerprint density at radius 3 is 2.58 bits per heavy atom. The van der Waals surface area contributed by atoms with Crippen LogP contribution < -0.4 is 5.32 Å². The van der Waals surface area contributed by atoms with Gasteiger partial charge < -0.3 is 39.5 Å². The number of aromatic nitrogens is 5. The first kappa shape index (κ1) is 26.1. The fourth-order valence-corrected chi connectivity index (χ4v) is 5.22. The normalized spacial score (nSPS) is 28.2. The van der Waals surface area contributed by atoms with Gasteiger partial charge in [-0.2, -0.15) is 14.6 Å². The van der Waals surface area contributed by atoms with E-state index < -0.39 is 44.6 Å². The minimum Gasteiger partial charge on any atom is -0.387 e. The highest BCUT2D eigenvalue weighted by atomic mass is 35.5. The van der Waals surface area contributed by atoms with Crippen molar-refractivity contribution in [1.82, 2.24) is 25.0 Å². The third-order valence-electron chi connectivity index (χ3n) is 6.71. The molecule has 0 bridgehead atoms. The number of halogens is 1. The van der Waals surface area contributed by atoms with Crippen LogP contribution in [-0.2, 0) is 18.8 Å². The zero-order chi connectivity index (χ0) is 25.4. The molecule has 1 unspecified atom stereocenters. The number of aliphatic hydroxyl groups is 2. The van der Waals surface area contributed by atoms with E-state index in [2.05, 4.69) is 25.6 Å². The maximum absolute atomic E-state index is 11.8. The molecule has 5 rings (SSSR count). The number of hydrogen-bond donors (Lipinski definition) is 5. The average Bonchev–Trinajstić information content (AvgIpc) is 3.19. The van der Waals surface area contributed by atoms with E-state index in [1.54, 1.807) is 0 Å². The summed E-state index contributed by atoms with van der Waals surface area (Å²) in [6.45, 7) is -0.284. The number of ether oxygens (including phenoxy) is 3. The topological polar surface area (TPSA) is 194 Å². The van der Waals surface area contributed by atoms with E-state index in [0.717, 1.165) is 38.5 Å². The lowest BCUT2D eigenvalue weighted by Crippen LogP contribution is -2.35. The summed E-state index contributed by atoms with van der Waals surface area (Å²) >= 11 is 6.14. The average molecular weight is 549 g/mol. The number of nitrogens with one attached hydrogen (secondary N) is 1. The number of hydrogen-bond acceptors (Lipinski definition) is 11. The predicted octanol–water partition coefficient (Wildman–Crippen LogP) is 0.795. The van der Waals surface area contributed by atoms with Crippen molar-refractivity contribution >= 4 is 36.2 Å². The van der Waals surface area contributed by atoms with Crippen molar-refractivity contribution < 1.29 is 38.8 Å². The van der Waals surface area contributed by atoms with Crippen LogP contribution in [0.4, 0.5) is 5.82 Å². The van der Waals surface area contributed by atoms with Crippen molar-refractivity contribution in [2.75, 3.05) is 25.1 Å². The molecule has 0 aromatic carbocycles. The van der Waals surface area contributed by atoms with Gasteiger partial charge in [-0.1, -0.05) is 18.1 Å². The quantitative estimate of drug-likeness (QED) is 0.195. The van der Waals surface area contributed by atoms with Crippen molar-refractivity contribution in [1.29, 1.82) is 0 Å². The van der Waals surface area contributed by atoms with Gasteiger partial charge in [-0.25, -0.2) is 0 Å². The number of rotatable bonds is 11. The largest absolute Gasteiger partial charge is 0.387 e. The van der Waals surface area contributed by atoms with Crippen LogP contribution in [0.2, 0.25) is 5.28 Å². The molecule has 16 heteroatoms. The molecule has 1 aliphatic heterocycles. The second-order valence-electron chi connectivity index (χ2n) is 9.58. The van der Waals surface area contributed by atoms with Gasteiger partial charge in [0.15, 0.2) is 29.1 Å². The Morgan fingerprint density at radius 1 is 1.14 bits per heavy atom. The van der Waals surface area contributed by atoms with Gasteiger partial charge in [0, 0.05) is 12.6 Å². The van der Waals surface area contributed by atoms with Crippen molar-refractivity contribution in [2.24, 2.45) is 5.92 Å². The fraction of sp³-hybridized carbons (Fsp3) is 0.800. The summed E-state index contributed by atoms with van der Waals surface area (Å²) < 4.78 is 29.6. The molecule has 2 aromatic heterocycles. The van der Waals surface area contributed by atoms with Crippen LogP contribution in [0, 0.1) is 5.92 Å². The molecular weight excluding hydrogens is 519 g/mol. The standard InChI is InChI=1S/C20H30ClN6O8P/c21-20-23-17(22-11-3-1-2-4-11)14-18(24-20)27(26-25-14)19-16(29)15(28)12(35-19)8-34-13(36(30,31)32)9-33-7-10-5-6-10/h10-13,15-16,19,28-29H,1-9H2,(H,22,23,24)(H2,30,31,32)/t12-,13?,15-,16-,19-/m1/s1. The Morgan fingerprint density at radius 2 is 1.89 bits per heavy atom. The molecule has 5 N–H and O–H groups in total. The maximum Gasteiger partial charge on any atom is 0.356 e. The van der Waals surface area contributed by atoms with Crippen molar-refractivity contribution in [2.45, 2.75) is 75.0 Å². The van der Waals surface area contributed by atoms with Gasteiger partial charge in [-0.05, 0) is 43.2 Å². The Kier molecular flexibility index (Phi) is 7.78. The Bertz CT molecular complexity index is 1110. The van der Waals surface area contributed by atoms with Gasteiger partial charge in [0.2, 0.25) is 5.28 Å². The van der Waals surface area contributed by atoms with Gasteiger partial charge in [-0.3, -0.25) is 4.57 Å². The van der Waals surface area contributed by atoms with Crippen molar-refractivity contribution in [3.8, 4) is 0 Å². The molecule has 200 valence electrons. The lowest BCUT2D eigenvalue weighted by molar-refractivity contribution is -0.0854. The number of anilines is 1. The summed E-state index contributed by atoms with van der Waals surface area (Å²) in [7, 11) is -4.64. The monoisotopic (exact) mass is 548 g/mol. The van der Waals surface area contributed by atoms with Gasteiger partial charge in [-0.15, -0.1) is 5.10 Å². The van der Waals surface area contributed by atoms with Crippen LogP contribution >= 0.6 is 19.2 Å². The molecular formula is C20H30ClN6O8P. The molecule has 2 saturated carbocycles. The zero-order valence-electron chi connectivity index (χ0n) is 19.4. The smallest absolute Gasteiger partial charge is 0.356 e. The summed E-state index contributed by atoms with van der Waals surface area (Å²) in [4.78, 5) is 27.7. The van der Waals surface area contributed by atoms with Crippen molar-refractivity contribution in [3.05, 3.63) is 5.28 Å². The van der Waals surface area contributed by atoms with Crippen LogP contribution in [0.25, 0.3) is 11.2 Å². The van der Waals surface area contributed by atoms with E-state index in [9.17, 15) is 24.6 Å². The molecule has 0 amide bonds. The fourth-order valence-electron chi connectivity index (χ4n) is 4.48. The first-order valence-corrected chi connectivity index (χ1v) is 14.1. The minimum atomic E-state index is -4.64. The summed E-state index contributed by atoms with van der Waals surface area (Å²) in [5.74, 6) is -0.681. The molecule has 2 aromatic rings. The molecule has 3 fully saturated rings. The molecule has 5 atom stereocenters. The first-order chi connectivity index (χ1) is 17.2. The SMILES string of the molecule is O=P(O)(O)C(COCC1CC1)OC[C@H]1O[C@@H](n2nnc3c(NC4CCCC4)nc(Cl)nc32)[C@H](O)[C@@H]1O. The molecule has 36 heavy (non-hydrogen) atoms. The van der Waals surface area contributed by atoms with E-state index in [1.807, 2.05) is 0 Å². The minimum absolute atomic E-state index is 0.0462. The first-order valence-electron chi connectivity index (χ1n) is 12.0. The van der Waals surface area contributed by atoms with E-state index in [0.29, 0.717) is 23.9 Å². The number of fused-ring (bicyclic) bond motifs is 1. The van der Waals surface area contributed by atoms with Crippen LogP contribution in [0.1, 0.15) is 44.8 Å². The third-order valence-corrected chi connectivity index (χ3v) is 7.93. The van der Waals surface area contributed by atoms with Gasteiger partial charge in [0.25, 0.3) is 0 Å². The highest BCUT2D eigenvalue weighted by Gasteiger charge is 2.46. The molecule has 2 aliphatic carbocycles. The maximum atomic E-state index is 11.8. The summed E-state index contributed by atoms with van der Waals surface area (Å²) in [6, 6.07) is 0.233. The van der Waals surface area contributed by atoms with E-state index in [4.69, 9.17) is 25.8 Å².